The number of hydrogen-bond donors (Lipinski definition) is 2. The smallest absolute Gasteiger partial charge is 0.251 e. The number of thioether (sulfide) groups is 1. The number of carbonyl (C=O) groups excluding carboxylic acids is 2. The standard InChI is InChI=1S/C24H31N3O4S.C3H8/c1-27(2)19-6-4-18(5-7-19)22(28)26-14-3-15-31-20-8-10-21(11-9-20)32-24(23(25)29)12-16-30-17-13-24;1-3-2/h4-11H,3,12-17H2,1-2H3,(H2,25,29)(H,26,28);3H2,1-2H3. The van der Waals surface area contributed by atoms with Crippen molar-refractivity contribution < 1.29 is 19.1 Å². The molecule has 1 aliphatic rings. The second-order valence-corrected chi connectivity index (χ2v) is 10.1. The summed E-state index contributed by atoms with van der Waals surface area (Å²) in [6, 6.07) is 15.2. The van der Waals surface area contributed by atoms with E-state index in [1.54, 1.807) is 0 Å². The van der Waals surface area contributed by atoms with Gasteiger partial charge in [0, 0.05) is 50.0 Å². The summed E-state index contributed by atoms with van der Waals surface area (Å²) in [5, 5.41) is 2.91. The van der Waals surface area contributed by atoms with Crippen LogP contribution in [0.15, 0.2) is 53.4 Å². The molecule has 7 nitrogen and oxygen atoms in total. The van der Waals surface area contributed by atoms with Crippen LogP contribution in [0.25, 0.3) is 0 Å². The SMILES string of the molecule is CCC.CN(C)c1ccc(C(=O)NCCCOc2ccc(SC3(C(N)=O)CCOCC3)cc2)cc1. The maximum Gasteiger partial charge on any atom is 0.251 e. The van der Waals surface area contributed by atoms with Crippen LogP contribution in [0.1, 0.15) is 49.9 Å². The van der Waals surface area contributed by atoms with Crippen LogP contribution >= 0.6 is 11.8 Å². The molecule has 2 aromatic carbocycles. The minimum Gasteiger partial charge on any atom is -0.494 e. The molecule has 2 aromatic rings. The molecular formula is C27H39N3O4S. The molecular weight excluding hydrogens is 462 g/mol. The molecule has 8 heteroatoms. The number of ether oxygens (including phenoxy) is 2. The van der Waals surface area contributed by atoms with Crippen molar-refractivity contribution in [3.63, 3.8) is 0 Å². The van der Waals surface area contributed by atoms with Crippen LogP contribution in [-0.2, 0) is 9.53 Å². The minimum atomic E-state index is -0.606. The molecule has 1 aliphatic heterocycles. The molecule has 2 amide bonds. The van der Waals surface area contributed by atoms with Gasteiger partial charge < -0.3 is 25.4 Å². The molecule has 3 N–H and O–H groups in total. The Hall–Kier alpha value is -2.71. The molecule has 0 aromatic heterocycles. The van der Waals surface area contributed by atoms with Gasteiger partial charge in [-0.05, 0) is 67.8 Å². The van der Waals surface area contributed by atoms with Crippen LogP contribution in [-0.4, -0.2) is 57.0 Å². The molecule has 0 saturated carbocycles. The van der Waals surface area contributed by atoms with Gasteiger partial charge in [-0.2, -0.15) is 0 Å². The molecule has 0 atom stereocenters. The number of amides is 2. The van der Waals surface area contributed by atoms with Crippen LogP contribution in [0.3, 0.4) is 0 Å². The normalized spacial score (nSPS) is 14.3. The largest absolute Gasteiger partial charge is 0.494 e. The molecule has 1 fully saturated rings. The second kappa shape index (κ2) is 14.6. The van der Waals surface area contributed by atoms with Crippen LogP contribution in [0, 0.1) is 0 Å². The number of benzene rings is 2. The minimum absolute atomic E-state index is 0.0897. The van der Waals surface area contributed by atoms with E-state index in [0.717, 1.165) is 16.3 Å². The van der Waals surface area contributed by atoms with Gasteiger partial charge >= 0.3 is 0 Å². The summed E-state index contributed by atoms with van der Waals surface area (Å²) in [7, 11) is 3.93. The van der Waals surface area contributed by atoms with Crippen molar-refractivity contribution >= 4 is 29.3 Å². The summed E-state index contributed by atoms with van der Waals surface area (Å²) < 4.78 is 10.5. The van der Waals surface area contributed by atoms with Crippen molar-refractivity contribution in [2.24, 2.45) is 5.73 Å². The van der Waals surface area contributed by atoms with E-state index in [1.807, 2.05) is 67.5 Å². The molecule has 0 bridgehead atoms. The van der Waals surface area contributed by atoms with Gasteiger partial charge in [-0.3, -0.25) is 9.59 Å². The van der Waals surface area contributed by atoms with Gasteiger partial charge in [-0.25, -0.2) is 0 Å². The Balaban J connectivity index is 0.00000137. The Bertz CT molecular complexity index is 911. The predicted molar refractivity (Wildman–Crippen MR) is 143 cm³/mol. The fraction of sp³-hybridized carbons (Fsp3) is 0.481. The third-order valence-electron chi connectivity index (χ3n) is 5.41. The number of anilines is 1. The van der Waals surface area contributed by atoms with E-state index < -0.39 is 4.75 Å². The van der Waals surface area contributed by atoms with E-state index >= 15 is 0 Å². The van der Waals surface area contributed by atoms with E-state index in [-0.39, 0.29) is 11.8 Å². The zero-order chi connectivity index (χ0) is 25.7. The fourth-order valence-corrected chi connectivity index (χ4v) is 4.60. The van der Waals surface area contributed by atoms with Crippen molar-refractivity contribution in [3.05, 3.63) is 54.1 Å². The van der Waals surface area contributed by atoms with Gasteiger partial charge in [0.05, 0.1) is 6.61 Å². The highest BCUT2D eigenvalue weighted by molar-refractivity contribution is 8.01. The lowest BCUT2D eigenvalue weighted by atomic mass is 9.98. The Labute approximate surface area is 213 Å². The molecule has 0 aliphatic carbocycles. The summed E-state index contributed by atoms with van der Waals surface area (Å²) in [5.74, 6) is 0.370. The van der Waals surface area contributed by atoms with Gasteiger partial charge in [0.2, 0.25) is 5.91 Å². The maximum absolute atomic E-state index is 12.2. The van der Waals surface area contributed by atoms with Crippen molar-refractivity contribution in [2.45, 2.75) is 49.2 Å². The Morgan fingerprint density at radius 1 is 1.06 bits per heavy atom. The average molecular weight is 502 g/mol. The Kier molecular flexibility index (Phi) is 11.9. The first-order chi connectivity index (χ1) is 16.8. The quantitative estimate of drug-likeness (QED) is 0.466. The lowest BCUT2D eigenvalue weighted by Crippen LogP contribution is -2.45. The first-order valence-electron chi connectivity index (χ1n) is 12.2. The van der Waals surface area contributed by atoms with Crippen molar-refractivity contribution in [2.75, 3.05) is 45.4 Å². The number of nitrogens with zero attached hydrogens (tertiary/aromatic N) is 1. The second-order valence-electron chi connectivity index (χ2n) is 8.65. The van der Waals surface area contributed by atoms with Crippen LogP contribution in [0.2, 0.25) is 0 Å². The summed E-state index contributed by atoms with van der Waals surface area (Å²) in [6.07, 6.45) is 3.19. The molecule has 192 valence electrons. The van der Waals surface area contributed by atoms with E-state index in [2.05, 4.69) is 19.2 Å². The summed E-state index contributed by atoms with van der Waals surface area (Å²) in [5.41, 5.74) is 7.37. The Morgan fingerprint density at radius 3 is 2.20 bits per heavy atom. The van der Waals surface area contributed by atoms with Crippen molar-refractivity contribution in [1.82, 2.24) is 5.32 Å². The molecule has 35 heavy (non-hydrogen) atoms. The zero-order valence-electron chi connectivity index (χ0n) is 21.3. The van der Waals surface area contributed by atoms with Gasteiger partial charge in [0.25, 0.3) is 5.91 Å². The molecule has 0 radical (unpaired) electrons. The van der Waals surface area contributed by atoms with Gasteiger partial charge in [0.1, 0.15) is 10.5 Å². The van der Waals surface area contributed by atoms with E-state index in [9.17, 15) is 9.59 Å². The predicted octanol–water partition coefficient (Wildman–Crippen LogP) is 4.49. The number of nitrogens with two attached hydrogens (primary N) is 1. The van der Waals surface area contributed by atoms with E-state index in [0.29, 0.717) is 51.2 Å². The molecule has 0 spiro atoms. The highest BCUT2D eigenvalue weighted by Crippen LogP contribution is 2.40. The van der Waals surface area contributed by atoms with Gasteiger partial charge in [-0.15, -0.1) is 11.8 Å². The van der Waals surface area contributed by atoms with Crippen molar-refractivity contribution in [3.8, 4) is 5.75 Å². The van der Waals surface area contributed by atoms with Crippen LogP contribution in [0.5, 0.6) is 5.75 Å². The number of carbonyl (C=O) groups is 2. The first kappa shape index (κ1) is 28.5. The lowest BCUT2D eigenvalue weighted by molar-refractivity contribution is -0.122. The fourth-order valence-electron chi connectivity index (χ4n) is 3.41. The summed E-state index contributed by atoms with van der Waals surface area (Å²) in [6.45, 7) is 6.38. The molecule has 1 heterocycles. The summed E-state index contributed by atoms with van der Waals surface area (Å²) >= 11 is 1.50. The third-order valence-corrected chi connectivity index (χ3v) is 6.92. The van der Waals surface area contributed by atoms with Gasteiger partial charge in [0.15, 0.2) is 0 Å². The van der Waals surface area contributed by atoms with Crippen LogP contribution in [0.4, 0.5) is 5.69 Å². The lowest BCUT2D eigenvalue weighted by Gasteiger charge is -2.33. The molecule has 3 rings (SSSR count). The topological polar surface area (TPSA) is 93.9 Å². The maximum atomic E-state index is 12.2. The number of nitrogens with one attached hydrogen (secondary N) is 1. The Morgan fingerprint density at radius 2 is 1.66 bits per heavy atom. The average Bonchev–Trinajstić information content (AvgIpc) is 2.86. The highest BCUT2D eigenvalue weighted by Gasteiger charge is 2.39. The van der Waals surface area contributed by atoms with Gasteiger partial charge in [-0.1, -0.05) is 20.3 Å². The molecule has 0 unspecified atom stereocenters. The van der Waals surface area contributed by atoms with E-state index in [4.69, 9.17) is 15.2 Å². The third kappa shape index (κ3) is 9.11. The summed E-state index contributed by atoms with van der Waals surface area (Å²) in [4.78, 5) is 27.2. The molecule has 1 saturated heterocycles. The number of primary amides is 1. The highest BCUT2D eigenvalue weighted by atomic mass is 32.2. The monoisotopic (exact) mass is 501 g/mol. The number of rotatable bonds is 10. The first-order valence-corrected chi connectivity index (χ1v) is 13.0. The van der Waals surface area contributed by atoms with Crippen molar-refractivity contribution in [1.29, 1.82) is 0 Å². The zero-order valence-corrected chi connectivity index (χ0v) is 22.2. The van der Waals surface area contributed by atoms with E-state index in [1.165, 1.54) is 18.2 Å². The van der Waals surface area contributed by atoms with Crippen LogP contribution < -0.4 is 20.7 Å². The number of hydrogen-bond acceptors (Lipinski definition) is 6.